The second-order valence-corrected chi connectivity index (χ2v) is 18.2. The van der Waals surface area contributed by atoms with Crippen LogP contribution in [-0.2, 0) is 6.42 Å². The van der Waals surface area contributed by atoms with Gasteiger partial charge in [-0.15, -0.1) is 11.3 Å². The minimum absolute atomic E-state index is 0.867. The quantitative estimate of drug-likeness (QED) is 0.159. The summed E-state index contributed by atoms with van der Waals surface area (Å²) in [5.41, 5.74) is 17.4. The Hall–Kier alpha value is -7.98. The van der Waals surface area contributed by atoms with Crippen molar-refractivity contribution in [1.29, 1.82) is 0 Å². The summed E-state index contributed by atoms with van der Waals surface area (Å²) in [6.07, 6.45) is 4.47. The van der Waals surface area contributed by atoms with Gasteiger partial charge in [-0.25, -0.2) is 0 Å². The van der Waals surface area contributed by atoms with E-state index in [1.807, 2.05) is 11.3 Å². The van der Waals surface area contributed by atoms with Crippen LogP contribution in [0.1, 0.15) is 23.1 Å². The molecule has 1 aliphatic carbocycles. The molecule has 0 amide bonds. The van der Waals surface area contributed by atoms with E-state index in [1.54, 1.807) is 0 Å². The highest BCUT2D eigenvalue weighted by atomic mass is 32.1. The maximum atomic E-state index is 7.09. The van der Waals surface area contributed by atoms with Crippen LogP contribution in [0.2, 0.25) is 0 Å². The van der Waals surface area contributed by atoms with Gasteiger partial charge < -0.3 is 9.32 Å². The summed E-state index contributed by atoms with van der Waals surface area (Å²) in [4.78, 5) is 2.48. The Kier molecular flexibility index (Phi) is 8.89. The van der Waals surface area contributed by atoms with Gasteiger partial charge in [0.2, 0.25) is 0 Å². The van der Waals surface area contributed by atoms with Crippen molar-refractivity contribution in [2.24, 2.45) is 0 Å². The standard InChI is InChI=1S/C62H41NOS/c1-4-13-40(14-5-1)47-29-33-52-57(38-47)64-62-51(43-17-8-3-9-18-43)35-36-56(61(52)62)63(55-21-12-22-58-60(55)53-34-30-48(39-59(53)65-58)41-15-6-2-7-16-41)49-31-27-42(28-32-49)46-26-25-45-24-23-44-19-10-11-20-50(44)54(45)37-46/h1-24,27-39H,25-26H2. The summed E-state index contributed by atoms with van der Waals surface area (Å²) in [5, 5.41) is 7.28. The number of aryl methyl sites for hydroxylation is 1. The Balaban J connectivity index is 1.04. The SMILES string of the molecule is C1=C(c2ccc(N(c3cccc4sc5cc(-c6ccccc6)ccc5c34)c3ccc(-c4ccccc4)c4oc5cc(-c6ccccc6)ccc5c34)cc2)CCc2ccc3ccccc3c21. The van der Waals surface area contributed by atoms with E-state index in [1.165, 1.54) is 64.3 Å². The van der Waals surface area contributed by atoms with Crippen molar-refractivity contribution < 1.29 is 4.42 Å². The lowest BCUT2D eigenvalue weighted by Crippen LogP contribution is -2.11. The zero-order valence-corrected chi connectivity index (χ0v) is 36.4. The molecule has 0 saturated heterocycles. The van der Waals surface area contributed by atoms with E-state index < -0.39 is 0 Å². The summed E-state index contributed by atoms with van der Waals surface area (Å²) in [7, 11) is 0. The molecule has 3 heteroatoms. The van der Waals surface area contributed by atoms with Crippen LogP contribution < -0.4 is 4.90 Å². The molecular weight excluding hydrogens is 807 g/mol. The van der Waals surface area contributed by atoms with Crippen LogP contribution in [-0.4, -0.2) is 0 Å². The third-order valence-electron chi connectivity index (χ3n) is 13.4. The first-order valence-corrected chi connectivity index (χ1v) is 23.3. The normalized spacial score (nSPS) is 12.6. The highest BCUT2D eigenvalue weighted by Crippen LogP contribution is 2.50. The number of nitrogens with zero attached hydrogens (tertiary/aromatic N) is 1. The zero-order valence-electron chi connectivity index (χ0n) is 35.5. The van der Waals surface area contributed by atoms with E-state index >= 15 is 0 Å². The number of rotatable bonds is 7. The van der Waals surface area contributed by atoms with E-state index in [0.717, 1.165) is 74.1 Å². The molecule has 65 heavy (non-hydrogen) atoms. The summed E-state index contributed by atoms with van der Waals surface area (Å²) >= 11 is 1.86. The Labute approximate surface area is 381 Å². The van der Waals surface area contributed by atoms with Crippen LogP contribution >= 0.6 is 11.3 Å². The highest BCUT2D eigenvalue weighted by Gasteiger charge is 2.25. The van der Waals surface area contributed by atoms with Gasteiger partial charge in [0.25, 0.3) is 0 Å². The van der Waals surface area contributed by atoms with E-state index in [9.17, 15) is 0 Å². The number of hydrogen-bond acceptors (Lipinski definition) is 3. The van der Waals surface area contributed by atoms with E-state index in [-0.39, 0.29) is 0 Å². The first-order valence-electron chi connectivity index (χ1n) is 22.4. The van der Waals surface area contributed by atoms with Crippen LogP contribution in [0, 0.1) is 0 Å². The third-order valence-corrected chi connectivity index (χ3v) is 14.5. The molecule has 2 heterocycles. The van der Waals surface area contributed by atoms with E-state index in [4.69, 9.17) is 4.42 Å². The first-order chi connectivity index (χ1) is 32.2. The van der Waals surface area contributed by atoms with Crippen LogP contribution in [0.15, 0.2) is 223 Å². The minimum atomic E-state index is 0.867. The predicted molar refractivity (Wildman–Crippen MR) is 278 cm³/mol. The van der Waals surface area contributed by atoms with Gasteiger partial charge in [-0.05, 0) is 128 Å². The van der Waals surface area contributed by atoms with Crippen LogP contribution in [0.25, 0.3) is 97.9 Å². The molecule has 10 aromatic carbocycles. The van der Waals surface area contributed by atoms with Crippen molar-refractivity contribution in [2.75, 3.05) is 4.90 Å². The van der Waals surface area contributed by atoms with Gasteiger partial charge in [0, 0.05) is 36.8 Å². The van der Waals surface area contributed by atoms with Crippen LogP contribution in [0.5, 0.6) is 0 Å². The highest BCUT2D eigenvalue weighted by molar-refractivity contribution is 7.26. The molecular formula is C62H41NOS. The molecule has 0 bridgehead atoms. The van der Waals surface area contributed by atoms with Gasteiger partial charge in [0.1, 0.15) is 11.2 Å². The second-order valence-electron chi connectivity index (χ2n) is 17.1. The number of allylic oxidation sites excluding steroid dienone is 1. The smallest absolute Gasteiger partial charge is 0.145 e. The molecule has 0 aliphatic heterocycles. The number of benzene rings is 10. The van der Waals surface area contributed by atoms with Gasteiger partial charge in [-0.3, -0.25) is 0 Å². The number of thiophene rings is 1. The van der Waals surface area contributed by atoms with Crippen molar-refractivity contribution in [2.45, 2.75) is 12.8 Å². The van der Waals surface area contributed by atoms with E-state index in [0.29, 0.717) is 0 Å². The predicted octanol–water partition coefficient (Wildman–Crippen LogP) is 18.1. The topological polar surface area (TPSA) is 16.4 Å². The van der Waals surface area contributed by atoms with Crippen molar-refractivity contribution in [3.8, 4) is 33.4 Å². The van der Waals surface area contributed by atoms with Crippen molar-refractivity contribution >= 4 is 92.9 Å². The monoisotopic (exact) mass is 847 g/mol. The summed E-state index contributed by atoms with van der Waals surface area (Å²) < 4.78 is 9.61. The lowest BCUT2D eigenvalue weighted by molar-refractivity contribution is 0.670. The van der Waals surface area contributed by atoms with Crippen molar-refractivity contribution in [1.82, 2.24) is 0 Å². The van der Waals surface area contributed by atoms with Crippen LogP contribution in [0.4, 0.5) is 17.1 Å². The molecule has 306 valence electrons. The summed E-state index contributed by atoms with van der Waals surface area (Å²) in [6.45, 7) is 0. The molecule has 0 saturated carbocycles. The van der Waals surface area contributed by atoms with Gasteiger partial charge in [-0.1, -0.05) is 170 Å². The minimum Gasteiger partial charge on any atom is -0.455 e. The molecule has 2 nitrogen and oxygen atoms in total. The molecule has 13 rings (SSSR count). The molecule has 0 fully saturated rings. The fourth-order valence-corrected chi connectivity index (χ4v) is 11.4. The Morgan fingerprint density at radius 1 is 0.415 bits per heavy atom. The number of hydrogen-bond donors (Lipinski definition) is 0. The lowest BCUT2D eigenvalue weighted by Gasteiger charge is -2.28. The van der Waals surface area contributed by atoms with Crippen molar-refractivity contribution in [3.63, 3.8) is 0 Å². The molecule has 0 unspecified atom stereocenters. The molecule has 0 atom stereocenters. The number of anilines is 3. The number of fused-ring (bicyclic) bond motifs is 9. The average molecular weight is 848 g/mol. The van der Waals surface area contributed by atoms with Gasteiger partial charge >= 0.3 is 0 Å². The average Bonchev–Trinajstić information content (AvgIpc) is 3.96. The van der Waals surface area contributed by atoms with Crippen molar-refractivity contribution in [3.05, 3.63) is 235 Å². The fraction of sp³-hybridized carbons (Fsp3) is 0.0323. The second kappa shape index (κ2) is 15.4. The van der Waals surface area contributed by atoms with Gasteiger partial charge in [0.15, 0.2) is 0 Å². The Morgan fingerprint density at radius 3 is 1.85 bits per heavy atom. The Morgan fingerprint density at radius 2 is 1.08 bits per heavy atom. The van der Waals surface area contributed by atoms with Gasteiger partial charge in [-0.2, -0.15) is 0 Å². The maximum absolute atomic E-state index is 7.09. The maximum Gasteiger partial charge on any atom is 0.145 e. The number of furan rings is 1. The fourth-order valence-electron chi connectivity index (χ4n) is 10.2. The summed E-state index contributed by atoms with van der Waals surface area (Å²) in [6, 6.07) is 79.6. The Bertz CT molecular complexity index is 3810. The molecule has 2 aromatic heterocycles. The third kappa shape index (κ3) is 6.38. The molecule has 0 N–H and O–H groups in total. The molecule has 0 radical (unpaired) electrons. The summed E-state index contributed by atoms with van der Waals surface area (Å²) in [5.74, 6) is 0. The first kappa shape index (κ1) is 37.6. The molecule has 0 spiro atoms. The van der Waals surface area contributed by atoms with E-state index in [2.05, 4.69) is 229 Å². The molecule has 1 aliphatic rings. The van der Waals surface area contributed by atoms with Crippen LogP contribution in [0.3, 0.4) is 0 Å². The van der Waals surface area contributed by atoms with Gasteiger partial charge in [0.05, 0.1) is 16.8 Å². The largest absolute Gasteiger partial charge is 0.455 e. The molecule has 12 aromatic rings. The lowest BCUT2D eigenvalue weighted by atomic mass is 9.86. The zero-order chi connectivity index (χ0) is 42.8.